The Morgan fingerprint density at radius 3 is 2.65 bits per heavy atom. The molecule has 2 N–H and O–H groups in total. The normalized spacial score (nSPS) is 22.0. The first-order chi connectivity index (χ1) is 8.18. The Bertz CT molecular complexity index is 313. The van der Waals surface area contributed by atoms with Crippen molar-refractivity contribution in [2.75, 3.05) is 6.54 Å². The van der Waals surface area contributed by atoms with Crippen molar-refractivity contribution in [1.82, 2.24) is 5.32 Å². The van der Waals surface area contributed by atoms with Crippen LogP contribution in [-0.2, 0) is 5.60 Å². The van der Waals surface area contributed by atoms with E-state index in [-0.39, 0.29) is 0 Å². The third kappa shape index (κ3) is 3.80. The average molecular weight is 253 g/mol. The molecular formula is C14H23NOS. The van der Waals surface area contributed by atoms with Gasteiger partial charge in [-0.1, -0.05) is 25.7 Å². The SMILES string of the molecule is CC(O)(CNC1CCCCCC1)c1ccsc1. The van der Waals surface area contributed by atoms with Gasteiger partial charge in [0, 0.05) is 12.6 Å². The van der Waals surface area contributed by atoms with Gasteiger partial charge in [0.15, 0.2) is 0 Å². The Hall–Kier alpha value is -0.380. The molecule has 1 aromatic rings. The van der Waals surface area contributed by atoms with Gasteiger partial charge in [0.05, 0.1) is 5.60 Å². The highest BCUT2D eigenvalue weighted by Crippen LogP contribution is 2.23. The molecule has 0 radical (unpaired) electrons. The Labute approximate surface area is 108 Å². The summed E-state index contributed by atoms with van der Waals surface area (Å²) in [4.78, 5) is 0. The summed E-state index contributed by atoms with van der Waals surface area (Å²) in [6.07, 6.45) is 7.94. The molecular weight excluding hydrogens is 230 g/mol. The topological polar surface area (TPSA) is 32.3 Å². The summed E-state index contributed by atoms with van der Waals surface area (Å²) < 4.78 is 0. The molecule has 0 spiro atoms. The highest BCUT2D eigenvalue weighted by Gasteiger charge is 2.24. The molecule has 1 saturated carbocycles. The first kappa shape index (κ1) is 13.1. The number of thiophene rings is 1. The van der Waals surface area contributed by atoms with Crippen molar-refractivity contribution >= 4 is 11.3 Å². The molecule has 3 heteroatoms. The van der Waals surface area contributed by atoms with E-state index in [0.717, 1.165) is 5.56 Å². The van der Waals surface area contributed by atoms with E-state index in [4.69, 9.17) is 0 Å². The first-order valence-corrected chi connectivity index (χ1v) is 7.61. The lowest BCUT2D eigenvalue weighted by atomic mass is 9.98. The molecule has 1 aromatic heterocycles. The number of hydrogen-bond donors (Lipinski definition) is 2. The molecule has 1 aliphatic carbocycles. The fourth-order valence-corrected chi connectivity index (χ4v) is 3.28. The highest BCUT2D eigenvalue weighted by molar-refractivity contribution is 7.08. The van der Waals surface area contributed by atoms with Gasteiger partial charge >= 0.3 is 0 Å². The molecule has 2 nitrogen and oxygen atoms in total. The summed E-state index contributed by atoms with van der Waals surface area (Å²) in [7, 11) is 0. The van der Waals surface area contributed by atoms with E-state index in [1.165, 1.54) is 38.5 Å². The molecule has 0 bridgehead atoms. The highest BCUT2D eigenvalue weighted by atomic mass is 32.1. The Balaban J connectivity index is 1.84. The van der Waals surface area contributed by atoms with E-state index in [1.807, 2.05) is 23.8 Å². The molecule has 1 atom stereocenters. The Morgan fingerprint density at radius 2 is 2.06 bits per heavy atom. The van der Waals surface area contributed by atoms with Gasteiger partial charge in [0.25, 0.3) is 0 Å². The summed E-state index contributed by atoms with van der Waals surface area (Å²) in [6, 6.07) is 2.61. The van der Waals surface area contributed by atoms with Crippen LogP contribution in [0.4, 0.5) is 0 Å². The van der Waals surface area contributed by atoms with Crippen molar-refractivity contribution in [3.8, 4) is 0 Å². The number of rotatable bonds is 4. The van der Waals surface area contributed by atoms with Crippen molar-refractivity contribution in [1.29, 1.82) is 0 Å². The molecule has 0 aliphatic heterocycles. The molecule has 0 amide bonds. The molecule has 1 heterocycles. The van der Waals surface area contributed by atoms with Crippen LogP contribution in [0.1, 0.15) is 51.0 Å². The van der Waals surface area contributed by atoms with E-state index in [9.17, 15) is 5.11 Å². The lowest BCUT2D eigenvalue weighted by Gasteiger charge is -2.26. The van der Waals surface area contributed by atoms with Gasteiger partial charge < -0.3 is 10.4 Å². The minimum absolute atomic E-state index is 0.600. The van der Waals surface area contributed by atoms with Gasteiger partial charge in [0.1, 0.15) is 0 Å². The molecule has 0 aromatic carbocycles. The van der Waals surface area contributed by atoms with Crippen LogP contribution in [0.5, 0.6) is 0 Å². The maximum atomic E-state index is 10.4. The maximum Gasteiger partial charge on any atom is 0.1000 e. The van der Waals surface area contributed by atoms with Gasteiger partial charge in [-0.3, -0.25) is 0 Å². The van der Waals surface area contributed by atoms with Crippen molar-refractivity contribution < 1.29 is 5.11 Å². The van der Waals surface area contributed by atoms with Crippen molar-refractivity contribution in [3.63, 3.8) is 0 Å². The summed E-state index contributed by atoms with van der Waals surface area (Å²) in [5.41, 5.74) is 0.301. The molecule has 96 valence electrons. The number of nitrogens with one attached hydrogen (secondary N) is 1. The molecule has 2 rings (SSSR count). The van der Waals surface area contributed by atoms with E-state index in [0.29, 0.717) is 12.6 Å². The second-order valence-electron chi connectivity index (χ2n) is 5.36. The minimum Gasteiger partial charge on any atom is -0.384 e. The zero-order valence-electron chi connectivity index (χ0n) is 10.6. The van der Waals surface area contributed by atoms with Crippen LogP contribution in [0.2, 0.25) is 0 Å². The van der Waals surface area contributed by atoms with E-state index in [1.54, 1.807) is 11.3 Å². The maximum absolute atomic E-state index is 10.4. The molecule has 0 saturated heterocycles. The summed E-state index contributed by atoms with van der Waals surface area (Å²) in [5, 5.41) is 18.0. The third-order valence-corrected chi connectivity index (χ3v) is 4.42. The Kier molecular flexibility index (Phi) is 4.60. The zero-order valence-corrected chi connectivity index (χ0v) is 11.4. The van der Waals surface area contributed by atoms with Gasteiger partial charge in [0.2, 0.25) is 0 Å². The van der Waals surface area contributed by atoms with Crippen molar-refractivity contribution in [3.05, 3.63) is 22.4 Å². The van der Waals surface area contributed by atoms with Gasteiger partial charge in [-0.25, -0.2) is 0 Å². The quantitative estimate of drug-likeness (QED) is 0.807. The first-order valence-electron chi connectivity index (χ1n) is 6.67. The Morgan fingerprint density at radius 1 is 1.35 bits per heavy atom. The van der Waals surface area contributed by atoms with E-state index in [2.05, 4.69) is 5.32 Å². The lowest BCUT2D eigenvalue weighted by Crippen LogP contribution is -2.40. The van der Waals surface area contributed by atoms with Crippen molar-refractivity contribution in [2.24, 2.45) is 0 Å². The van der Waals surface area contributed by atoms with Crippen LogP contribution in [0.15, 0.2) is 16.8 Å². The number of hydrogen-bond acceptors (Lipinski definition) is 3. The van der Waals surface area contributed by atoms with Crippen LogP contribution >= 0.6 is 11.3 Å². The fraction of sp³-hybridized carbons (Fsp3) is 0.714. The second-order valence-corrected chi connectivity index (χ2v) is 6.14. The van der Waals surface area contributed by atoms with Crippen LogP contribution in [0.3, 0.4) is 0 Å². The predicted octanol–water partition coefficient (Wildman–Crippen LogP) is 3.27. The average Bonchev–Trinajstić information content (AvgIpc) is 2.72. The third-order valence-electron chi connectivity index (χ3n) is 3.73. The monoisotopic (exact) mass is 253 g/mol. The largest absolute Gasteiger partial charge is 0.384 e. The van der Waals surface area contributed by atoms with Crippen LogP contribution in [0.25, 0.3) is 0 Å². The van der Waals surface area contributed by atoms with Gasteiger partial charge in [-0.05, 0) is 42.2 Å². The van der Waals surface area contributed by atoms with Crippen LogP contribution in [0, 0.1) is 0 Å². The molecule has 1 fully saturated rings. The van der Waals surface area contributed by atoms with Crippen LogP contribution < -0.4 is 5.32 Å². The van der Waals surface area contributed by atoms with Crippen LogP contribution in [-0.4, -0.2) is 17.7 Å². The van der Waals surface area contributed by atoms with E-state index >= 15 is 0 Å². The second kappa shape index (κ2) is 5.98. The summed E-state index contributed by atoms with van der Waals surface area (Å²) >= 11 is 1.64. The fourth-order valence-electron chi connectivity index (χ4n) is 2.50. The molecule has 17 heavy (non-hydrogen) atoms. The van der Waals surface area contributed by atoms with Gasteiger partial charge in [-0.15, -0.1) is 0 Å². The van der Waals surface area contributed by atoms with Gasteiger partial charge in [-0.2, -0.15) is 11.3 Å². The van der Waals surface area contributed by atoms with E-state index < -0.39 is 5.60 Å². The molecule has 1 unspecified atom stereocenters. The molecule has 1 aliphatic rings. The number of aliphatic hydroxyl groups is 1. The zero-order chi connectivity index (χ0) is 12.1. The predicted molar refractivity (Wildman–Crippen MR) is 73.4 cm³/mol. The smallest absolute Gasteiger partial charge is 0.1000 e. The standard InChI is InChI=1S/C14H23NOS/c1-14(16,12-8-9-17-10-12)11-15-13-6-4-2-3-5-7-13/h8-10,13,15-16H,2-7,11H2,1H3. The summed E-state index contributed by atoms with van der Waals surface area (Å²) in [6.45, 7) is 2.56. The lowest BCUT2D eigenvalue weighted by molar-refractivity contribution is 0.0536. The summed E-state index contributed by atoms with van der Waals surface area (Å²) in [5.74, 6) is 0. The minimum atomic E-state index is -0.730. The van der Waals surface area contributed by atoms with Crippen molar-refractivity contribution in [2.45, 2.75) is 57.1 Å².